The monoisotopic (exact) mass is 400 g/mol. The molecule has 0 aromatic heterocycles. The van der Waals surface area contributed by atoms with Gasteiger partial charge in [0.05, 0.1) is 6.61 Å². The Bertz CT molecular complexity index is 442. The van der Waals surface area contributed by atoms with E-state index in [2.05, 4.69) is 31.2 Å². The summed E-state index contributed by atoms with van der Waals surface area (Å²) in [5.41, 5.74) is -0.153. The Labute approximate surface area is 156 Å². The molecule has 1 amide bonds. The summed E-state index contributed by atoms with van der Waals surface area (Å²) >= 11 is 6.80. The Morgan fingerprint density at radius 1 is 1.29 bits per heavy atom. The molecule has 0 rings (SSSR count). The molecule has 5 nitrogen and oxygen atoms in total. The molecule has 0 bridgehead atoms. The van der Waals surface area contributed by atoms with Gasteiger partial charge in [-0.15, -0.1) is 11.6 Å². The molecule has 144 valence electrons. The van der Waals surface area contributed by atoms with Gasteiger partial charge in [-0.2, -0.15) is 0 Å². The Morgan fingerprint density at radius 2 is 1.88 bits per heavy atom. The van der Waals surface area contributed by atoms with Crippen LogP contribution in [0.2, 0.25) is 0 Å². The van der Waals surface area contributed by atoms with Gasteiger partial charge in [-0.1, -0.05) is 39.1 Å². The molecule has 0 aromatic rings. The number of alkyl halides is 1. The maximum absolute atomic E-state index is 12.6. The molecule has 2 atom stereocenters. The third-order valence-corrected chi connectivity index (χ3v) is 7.63. The number of hydrogen-bond acceptors (Lipinski definition) is 4. The van der Waals surface area contributed by atoms with E-state index in [-0.39, 0.29) is 22.8 Å². The molecule has 0 saturated heterocycles. The van der Waals surface area contributed by atoms with Crippen molar-refractivity contribution in [2.24, 2.45) is 11.3 Å². The standard InChI is InChI=1S/C16H34ClN2O3PS/c1-8-22-23(21,18-10-9-17)24-11-13(2)14(20)19-16(6,7)12-15(3,4)5/h13H,8-12H2,1-7H3,(H,18,21)(H,19,20). The predicted octanol–water partition coefficient (Wildman–Crippen LogP) is 4.66. The molecule has 0 aromatic carbocycles. The van der Waals surface area contributed by atoms with E-state index in [9.17, 15) is 9.36 Å². The zero-order valence-electron chi connectivity index (χ0n) is 16.1. The van der Waals surface area contributed by atoms with Crippen LogP contribution in [0.4, 0.5) is 0 Å². The van der Waals surface area contributed by atoms with Gasteiger partial charge in [0.15, 0.2) is 0 Å². The molecule has 0 spiro atoms. The summed E-state index contributed by atoms with van der Waals surface area (Å²) < 4.78 is 18.0. The van der Waals surface area contributed by atoms with Gasteiger partial charge in [0, 0.05) is 29.6 Å². The summed E-state index contributed by atoms with van der Waals surface area (Å²) in [5, 5.41) is 5.95. The van der Waals surface area contributed by atoms with Crippen LogP contribution in [0.15, 0.2) is 0 Å². The second kappa shape index (κ2) is 10.4. The largest absolute Gasteiger partial charge is 0.351 e. The van der Waals surface area contributed by atoms with Gasteiger partial charge in [0.2, 0.25) is 5.91 Å². The molecule has 24 heavy (non-hydrogen) atoms. The van der Waals surface area contributed by atoms with Crippen LogP contribution < -0.4 is 10.4 Å². The van der Waals surface area contributed by atoms with E-state index in [1.54, 1.807) is 6.92 Å². The predicted molar refractivity (Wildman–Crippen MR) is 106 cm³/mol. The number of carbonyl (C=O) groups is 1. The number of nitrogens with one attached hydrogen (secondary N) is 2. The van der Waals surface area contributed by atoms with Gasteiger partial charge in [-0.25, -0.2) is 5.09 Å². The van der Waals surface area contributed by atoms with Crippen molar-refractivity contribution in [1.29, 1.82) is 0 Å². The van der Waals surface area contributed by atoms with Crippen molar-refractivity contribution in [2.75, 3.05) is 24.8 Å². The number of carbonyl (C=O) groups excluding carboxylic acids is 1. The molecule has 0 aliphatic carbocycles. The third kappa shape index (κ3) is 11.0. The normalized spacial score (nSPS) is 16.5. The van der Waals surface area contributed by atoms with Crippen LogP contribution in [0.5, 0.6) is 0 Å². The molecule has 0 saturated carbocycles. The number of amides is 1. The molecular weight excluding hydrogens is 367 g/mol. The number of rotatable bonds is 11. The van der Waals surface area contributed by atoms with E-state index in [1.807, 2.05) is 20.8 Å². The van der Waals surface area contributed by atoms with Gasteiger partial charge in [-0.3, -0.25) is 9.36 Å². The second-order valence-corrected chi connectivity index (χ2v) is 12.6. The Hall–Kier alpha value is 0.260. The van der Waals surface area contributed by atoms with Crippen LogP contribution in [-0.4, -0.2) is 36.2 Å². The Kier molecular flexibility index (Phi) is 10.5. The summed E-state index contributed by atoms with van der Waals surface area (Å²) in [6, 6.07) is 0. The molecular formula is C16H34ClN2O3PS. The SMILES string of the molecule is CCOP(=O)(NCCCl)SCC(C)C(=O)NC(C)(C)CC(C)(C)C. The maximum atomic E-state index is 12.6. The van der Waals surface area contributed by atoms with E-state index in [0.717, 1.165) is 6.42 Å². The Morgan fingerprint density at radius 3 is 2.33 bits per heavy atom. The van der Waals surface area contributed by atoms with Crippen LogP contribution in [0.3, 0.4) is 0 Å². The third-order valence-electron chi connectivity index (χ3n) is 3.07. The molecule has 2 unspecified atom stereocenters. The first-order valence-electron chi connectivity index (χ1n) is 8.36. The summed E-state index contributed by atoms with van der Waals surface area (Å²) in [7, 11) is 0. The highest BCUT2D eigenvalue weighted by Crippen LogP contribution is 2.56. The van der Waals surface area contributed by atoms with Crippen LogP contribution in [0, 0.1) is 11.3 Å². The minimum absolute atomic E-state index is 0.0304. The zero-order valence-corrected chi connectivity index (χ0v) is 18.5. The first kappa shape index (κ1) is 24.3. The molecule has 0 aliphatic heterocycles. The molecule has 2 N–H and O–H groups in total. The molecule has 0 aliphatic rings. The van der Waals surface area contributed by atoms with Gasteiger partial charge < -0.3 is 9.84 Å². The van der Waals surface area contributed by atoms with Crippen LogP contribution in [-0.2, 0) is 13.9 Å². The topological polar surface area (TPSA) is 67.4 Å². The first-order valence-corrected chi connectivity index (χ1v) is 12.1. The van der Waals surface area contributed by atoms with Crippen molar-refractivity contribution in [3.8, 4) is 0 Å². The summed E-state index contributed by atoms with van der Waals surface area (Å²) in [5.74, 6) is 0.483. The highest BCUT2D eigenvalue weighted by Gasteiger charge is 2.30. The molecule has 0 radical (unpaired) electrons. The van der Waals surface area contributed by atoms with Crippen LogP contribution in [0.1, 0.15) is 54.9 Å². The van der Waals surface area contributed by atoms with Gasteiger partial charge >= 0.3 is 6.72 Å². The average Bonchev–Trinajstić information content (AvgIpc) is 2.39. The number of hydrogen-bond donors (Lipinski definition) is 2. The van der Waals surface area contributed by atoms with E-state index in [1.165, 1.54) is 11.4 Å². The fourth-order valence-electron chi connectivity index (χ4n) is 2.59. The zero-order chi connectivity index (χ0) is 19.0. The fraction of sp³-hybridized carbons (Fsp3) is 0.938. The van der Waals surface area contributed by atoms with Crippen molar-refractivity contribution >= 4 is 35.6 Å². The highest BCUT2D eigenvalue weighted by atomic mass is 35.5. The lowest BCUT2D eigenvalue weighted by molar-refractivity contribution is -0.125. The van der Waals surface area contributed by atoms with Gasteiger partial charge in [0.1, 0.15) is 0 Å². The van der Waals surface area contributed by atoms with Crippen molar-refractivity contribution < 1.29 is 13.9 Å². The Balaban J connectivity index is 4.60. The minimum atomic E-state index is -3.01. The second-order valence-electron chi connectivity index (χ2n) is 7.82. The van der Waals surface area contributed by atoms with E-state index in [4.69, 9.17) is 16.1 Å². The fourth-order valence-corrected chi connectivity index (χ4v) is 6.72. The van der Waals surface area contributed by atoms with Crippen molar-refractivity contribution in [1.82, 2.24) is 10.4 Å². The van der Waals surface area contributed by atoms with Crippen LogP contribution in [0.25, 0.3) is 0 Å². The van der Waals surface area contributed by atoms with E-state index in [0.29, 0.717) is 24.8 Å². The number of halogens is 1. The lowest BCUT2D eigenvalue weighted by Crippen LogP contribution is -2.48. The maximum Gasteiger partial charge on any atom is 0.326 e. The minimum Gasteiger partial charge on any atom is -0.351 e. The highest BCUT2D eigenvalue weighted by molar-refractivity contribution is 8.56. The molecule has 8 heteroatoms. The van der Waals surface area contributed by atoms with Crippen molar-refractivity contribution in [3.05, 3.63) is 0 Å². The van der Waals surface area contributed by atoms with Gasteiger partial charge in [-0.05, 0) is 32.6 Å². The quantitative estimate of drug-likeness (QED) is 0.390. The van der Waals surface area contributed by atoms with E-state index >= 15 is 0 Å². The molecule has 0 fully saturated rings. The first-order chi connectivity index (χ1) is 10.8. The van der Waals surface area contributed by atoms with Crippen LogP contribution >= 0.6 is 29.7 Å². The van der Waals surface area contributed by atoms with Crippen molar-refractivity contribution in [3.63, 3.8) is 0 Å². The summed E-state index contributed by atoms with van der Waals surface area (Å²) in [6.45, 7) is 11.9. The van der Waals surface area contributed by atoms with Crippen molar-refractivity contribution in [2.45, 2.75) is 60.4 Å². The molecule has 0 heterocycles. The lowest BCUT2D eigenvalue weighted by Gasteiger charge is -2.34. The average molecular weight is 401 g/mol. The smallest absolute Gasteiger partial charge is 0.326 e. The lowest BCUT2D eigenvalue weighted by atomic mass is 9.81. The summed E-state index contributed by atoms with van der Waals surface area (Å²) in [6.07, 6.45) is 0.875. The van der Waals surface area contributed by atoms with Gasteiger partial charge in [0.25, 0.3) is 0 Å². The summed E-state index contributed by atoms with van der Waals surface area (Å²) in [4.78, 5) is 12.4. The van der Waals surface area contributed by atoms with E-state index < -0.39 is 6.72 Å².